The van der Waals surface area contributed by atoms with E-state index in [1.54, 1.807) is 18.2 Å². The molecule has 25 heavy (non-hydrogen) atoms. The van der Waals surface area contributed by atoms with Crippen LogP contribution in [0.3, 0.4) is 0 Å². The van der Waals surface area contributed by atoms with E-state index in [-0.39, 0.29) is 0 Å². The normalized spacial score (nSPS) is 10.0. The van der Waals surface area contributed by atoms with Gasteiger partial charge in [-0.2, -0.15) is 0 Å². The van der Waals surface area contributed by atoms with Crippen LogP contribution in [-0.4, -0.2) is 18.1 Å². The molecular formula is C21H36N2O2. The van der Waals surface area contributed by atoms with Crippen LogP contribution in [0.2, 0.25) is 0 Å². The zero-order valence-electron chi connectivity index (χ0n) is 16.7. The summed E-state index contributed by atoms with van der Waals surface area (Å²) in [6, 6.07) is 7.62. The molecule has 0 amide bonds. The van der Waals surface area contributed by atoms with E-state index in [2.05, 4.69) is 12.3 Å². The molecule has 0 saturated carbocycles. The number of carboxylic acids is 1. The maximum absolute atomic E-state index is 11.1. The van der Waals surface area contributed by atoms with Crippen LogP contribution in [0.1, 0.15) is 46.6 Å². The first-order valence-electron chi connectivity index (χ1n) is 8.69. The van der Waals surface area contributed by atoms with E-state index in [9.17, 15) is 4.79 Å². The Balaban J connectivity index is -0.000000725. The van der Waals surface area contributed by atoms with E-state index in [1.807, 2.05) is 58.9 Å². The number of anilines is 1. The summed E-state index contributed by atoms with van der Waals surface area (Å²) in [5.41, 5.74) is 13.2. The third-order valence-corrected chi connectivity index (χ3v) is 2.86. The molecule has 0 aliphatic carbocycles. The smallest absolute Gasteiger partial charge is 0.335 e. The zero-order chi connectivity index (χ0) is 20.3. The van der Waals surface area contributed by atoms with E-state index in [1.165, 1.54) is 7.05 Å². The Hall–Kier alpha value is -2.33. The first-order valence-corrected chi connectivity index (χ1v) is 8.69. The molecular weight excluding hydrogens is 312 g/mol. The molecule has 0 fully saturated rings. The van der Waals surface area contributed by atoms with E-state index in [0.717, 1.165) is 23.2 Å². The Morgan fingerprint density at radius 1 is 1.12 bits per heavy atom. The van der Waals surface area contributed by atoms with E-state index >= 15 is 0 Å². The predicted molar refractivity (Wildman–Crippen MR) is 112 cm³/mol. The fourth-order valence-electron chi connectivity index (χ4n) is 1.71. The number of carbonyl (C=O) groups is 1. The Kier molecular flexibility index (Phi) is 21.7. The van der Waals surface area contributed by atoms with Crippen molar-refractivity contribution < 1.29 is 9.90 Å². The summed E-state index contributed by atoms with van der Waals surface area (Å²) in [5.74, 6) is -0.909. The topological polar surface area (TPSA) is 89.3 Å². The highest BCUT2D eigenvalue weighted by Crippen LogP contribution is 2.15. The van der Waals surface area contributed by atoms with Crippen molar-refractivity contribution >= 4 is 11.7 Å². The minimum atomic E-state index is -0.909. The molecule has 1 rings (SSSR count). The largest absolute Gasteiger partial charge is 0.478 e. The van der Waals surface area contributed by atoms with Crippen LogP contribution in [0.15, 0.2) is 60.2 Å². The summed E-state index contributed by atoms with van der Waals surface area (Å²) in [5, 5.41) is 9.14. The number of rotatable bonds is 6. The number of allylic oxidation sites excluding steroid dienone is 3. The third-order valence-electron chi connectivity index (χ3n) is 2.86. The molecule has 0 atom stereocenters. The van der Waals surface area contributed by atoms with Gasteiger partial charge in [-0.3, -0.25) is 0 Å². The molecule has 1 aromatic rings. The lowest BCUT2D eigenvalue weighted by Gasteiger charge is -2.05. The summed E-state index contributed by atoms with van der Waals surface area (Å²) >= 11 is 0. The lowest BCUT2D eigenvalue weighted by molar-refractivity contribution is -0.132. The quantitative estimate of drug-likeness (QED) is 0.384. The van der Waals surface area contributed by atoms with Crippen molar-refractivity contribution in [2.45, 2.75) is 47.5 Å². The van der Waals surface area contributed by atoms with Gasteiger partial charge >= 0.3 is 5.97 Å². The SMILES string of the molecule is C=C/C=C\C(C(=O)O)=C(/C)CCc1ccc(N)cc1.CC.CC.CN. The minimum Gasteiger partial charge on any atom is -0.478 e. The Bertz CT molecular complexity index is 515. The molecule has 0 aliphatic rings. The second-order valence-electron chi connectivity index (χ2n) is 4.34. The van der Waals surface area contributed by atoms with Crippen molar-refractivity contribution in [3.05, 3.63) is 65.8 Å². The first kappa shape index (κ1) is 27.5. The van der Waals surface area contributed by atoms with E-state index in [0.29, 0.717) is 12.0 Å². The molecule has 4 nitrogen and oxygen atoms in total. The Labute approximate surface area is 153 Å². The molecule has 0 saturated heterocycles. The zero-order valence-corrected chi connectivity index (χ0v) is 16.7. The van der Waals surface area contributed by atoms with Crippen molar-refractivity contribution in [2.75, 3.05) is 12.8 Å². The van der Waals surface area contributed by atoms with Crippen LogP contribution in [-0.2, 0) is 11.2 Å². The van der Waals surface area contributed by atoms with Gasteiger partial charge in [0.25, 0.3) is 0 Å². The van der Waals surface area contributed by atoms with E-state index < -0.39 is 5.97 Å². The molecule has 5 N–H and O–H groups in total. The van der Waals surface area contributed by atoms with Gasteiger partial charge in [-0.1, -0.05) is 64.1 Å². The first-order chi connectivity index (χ1) is 12.0. The lowest BCUT2D eigenvalue weighted by Crippen LogP contribution is -2.02. The Morgan fingerprint density at radius 3 is 2.00 bits per heavy atom. The second-order valence-corrected chi connectivity index (χ2v) is 4.34. The standard InChI is InChI=1S/C16H19NO2.2C2H6.CH5N/c1-3-4-5-15(16(18)19)12(2)6-7-13-8-10-14(17)11-9-13;3*1-2/h3-5,8-11H,1,6-7,17H2,2H3,(H,18,19);2*1-2H3;2H2,1H3/b5-4-,15-12-;;;. The third kappa shape index (κ3) is 13.8. The predicted octanol–water partition coefficient (Wildman–Crippen LogP) is 4.97. The van der Waals surface area contributed by atoms with Crippen LogP contribution in [0.25, 0.3) is 0 Å². The van der Waals surface area contributed by atoms with Crippen molar-refractivity contribution in [3.63, 3.8) is 0 Å². The molecule has 0 spiro atoms. The fourth-order valence-corrected chi connectivity index (χ4v) is 1.71. The van der Waals surface area contributed by atoms with Crippen LogP contribution in [0.4, 0.5) is 5.69 Å². The van der Waals surface area contributed by atoms with Crippen LogP contribution in [0, 0.1) is 0 Å². The van der Waals surface area contributed by atoms with Gasteiger partial charge in [0.15, 0.2) is 0 Å². The molecule has 0 radical (unpaired) electrons. The molecule has 142 valence electrons. The highest BCUT2D eigenvalue weighted by molar-refractivity contribution is 5.90. The number of aryl methyl sites for hydroxylation is 1. The summed E-state index contributed by atoms with van der Waals surface area (Å²) < 4.78 is 0. The van der Waals surface area contributed by atoms with Crippen molar-refractivity contribution in [2.24, 2.45) is 5.73 Å². The maximum atomic E-state index is 11.1. The molecule has 0 unspecified atom stereocenters. The summed E-state index contributed by atoms with van der Waals surface area (Å²) in [6.45, 7) is 13.4. The number of carboxylic acid groups (broad SMARTS) is 1. The molecule has 0 aromatic heterocycles. The number of hydrogen-bond acceptors (Lipinski definition) is 3. The fraction of sp³-hybridized carbons (Fsp3) is 0.381. The maximum Gasteiger partial charge on any atom is 0.335 e. The molecule has 0 bridgehead atoms. The van der Waals surface area contributed by atoms with Gasteiger partial charge in [0.1, 0.15) is 0 Å². The number of nitrogen functional groups attached to an aromatic ring is 1. The molecule has 0 aliphatic heterocycles. The molecule has 4 heteroatoms. The molecule has 0 heterocycles. The van der Waals surface area contributed by atoms with Gasteiger partial charge in [0.2, 0.25) is 0 Å². The number of benzene rings is 1. The summed E-state index contributed by atoms with van der Waals surface area (Å²) in [7, 11) is 1.50. The summed E-state index contributed by atoms with van der Waals surface area (Å²) in [4.78, 5) is 11.1. The molecule has 1 aromatic carbocycles. The van der Waals surface area contributed by atoms with Crippen LogP contribution < -0.4 is 11.5 Å². The van der Waals surface area contributed by atoms with Crippen molar-refractivity contribution in [1.29, 1.82) is 0 Å². The van der Waals surface area contributed by atoms with E-state index in [4.69, 9.17) is 10.8 Å². The van der Waals surface area contributed by atoms with Gasteiger partial charge in [-0.15, -0.1) is 0 Å². The highest BCUT2D eigenvalue weighted by Gasteiger charge is 2.07. The summed E-state index contributed by atoms with van der Waals surface area (Å²) in [6.07, 6.45) is 6.28. The van der Waals surface area contributed by atoms with Gasteiger partial charge in [0, 0.05) is 5.69 Å². The average Bonchev–Trinajstić information content (AvgIpc) is 2.66. The van der Waals surface area contributed by atoms with Crippen LogP contribution in [0.5, 0.6) is 0 Å². The number of aliphatic carboxylic acids is 1. The lowest BCUT2D eigenvalue weighted by atomic mass is 10.0. The van der Waals surface area contributed by atoms with Gasteiger partial charge in [0.05, 0.1) is 5.57 Å². The number of nitrogens with two attached hydrogens (primary N) is 2. The van der Waals surface area contributed by atoms with Crippen LogP contribution >= 0.6 is 0 Å². The second kappa shape index (κ2) is 19.7. The highest BCUT2D eigenvalue weighted by atomic mass is 16.4. The van der Waals surface area contributed by atoms with Gasteiger partial charge in [-0.25, -0.2) is 4.79 Å². The van der Waals surface area contributed by atoms with Gasteiger partial charge < -0.3 is 16.6 Å². The van der Waals surface area contributed by atoms with Crippen molar-refractivity contribution in [1.82, 2.24) is 0 Å². The minimum absolute atomic E-state index is 0.329. The van der Waals surface area contributed by atoms with Crippen molar-refractivity contribution in [3.8, 4) is 0 Å². The average molecular weight is 349 g/mol. The van der Waals surface area contributed by atoms with Gasteiger partial charge in [-0.05, 0) is 50.6 Å². The number of hydrogen-bond donors (Lipinski definition) is 3. The Morgan fingerprint density at radius 2 is 1.60 bits per heavy atom. The monoisotopic (exact) mass is 348 g/mol.